The lowest BCUT2D eigenvalue weighted by atomic mass is 10.4. The van der Waals surface area contributed by atoms with E-state index in [0.717, 1.165) is 0 Å². The summed E-state index contributed by atoms with van der Waals surface area (Å²) in [4.78, 5) is 17.2. The van der Waals surface area contributed by atoms with Crippen LogP contribution in [-0.2, 0) is 4.79 Å². The highest BCUT2D eigenvalue weighted by molar-refractivity contribution is 6.66. The summed E-state index contributed by atoms with van der Waals surface area (Å²) in [6.07, 6.45) is 1.72. The van der Waals surface area contributed by atoms with E-state index in [4.69, 9.17) is 11.6 Å². The average Bonchev–Trinajstić information content (AvgIpc) is 1.64. The van der Waals surface area contributed by atoms with Crippen LogP contribution in [0.1, 0.15) is 6.42 Å². The number of carbonyl (C=O) groups is 1. The van der Waals surface area contributed by atoms with Crippen LogP contribution in [0.25, 0.3) is 0 Å². The van der Waals surface area contributed by atoms with Gasteiger partial charge in [-0.05, 0) is 11.6 Å². The van der Waals surface area contributed by atoms with Crippen molar-refractivity contribution >= 4 is 29.0 Å². The standard InChI is InChI=1S/C4H3ClN2O/c5-4-6-2-1-3(8)7-4/h2H,1H2. The molecule has 1 amide bonds. The second-order valence-electron chi connectivity index (χ2n) is 1.29. The number of carbonyl (C=O) groups excluding carboxylic acids is 1. The van der Waals surface area contributed by atoms with E-state index in [1.165, 1.54) is 6.21 Å². The fraction of sp³-hybridized carbons (Fsp3) is 0.250. The van der Waals surface area contributed by atoms with Crippen LogP contribution in [-0.4, -0.2) is 17.4 Å². The van der Waals surface area contributed by atoms with Gasteiger partial charge in [-0.25, -0.2) is 4.99 Å². The van der Waals surface area contributed by atoms with Gasteiger partial charge in [-0.15, -0.1) is 0 Å². The minimum Gasteiger partial charge on any atom is -0.272 e. The summed E-state index contributed by atoms with van der Waals surface area (Å²) in [6, 6.07) is 0. The van der Waals surface area contributed by atoms with Gasteiger partial charge in [0.05, 0.1) is 6.42 Å². The Bertz CT molecular complexity index is 173. The van der Waals surface area contributed by atoms with E-state index in [9.17, 15) is 4.79 Å². The molecular formula is C4H3ClN2O. The Morgan fingerprint density at radius 3 is 2.88 bits per heavy atom. The molecule has 1 heterocycles. The molecule has 0 N–H and O–H groups in total. The van der Waals surface area contributed by atoms with Crippen molar-refractivity contribution in [2.45, 2.75) is 6.42 Å². The van der Waals surface area contributed by atoms with Crippen molar-refractivity contribution in [2.75, 3.05) is 0 Å². The quantitative estimate of drug-likeness (QED) is 0.443. The molecule has 0 radical (unpaired) electrons. The zero-order valence-corrected chi connectivity index (χ0v) is 4.72. The molecule has 0 atom stereocenters. The molecule has 0 saturated heterocycles. The Balaban J connectivity index is 2.77. The molecular weight excluding hydrogens is 128 g/mol. The maximum atomic E-state index is 10.3. The molecule has 8 heavy (non-hydrogen) atoms. The number of hydrogen-bond acceptors (Lipinski definition) is 2. The third kappa shape index (κ3) is 1.13. The molecule has 0 aromatic rings. The lowest BCUT2D eigenvalue weighted by Crippen LogP contribution is -2.02. The molecule has 0 spiro atoms. The van der Waals surface area contributed by atoms with E-state index in [-0.39, 0.29) is 17.6 Å². The number of rotatable bonds is 0. The van der Waals surface area contributed by atoms with Crippen molar-refractivity contribution in [3.05, 3.63) is 0 Å². The lowest BCUT2D eigenvalue weighted by molar-refractivity contribution is -0.116. The summed E-state index contributed by atoms with van der Waals surface area (Å²) in [5, 5.41) is 0.0289. The van der Waals surface area contributed by atoms with Crippen LogP contribution in [0.15, 0.2) is 9.98 Å². The fourth-order valence-electron chi connectivity index (χ4n) is 0.376. The first-order valence-corrected chi connectivity index (χ1v) is 2.46. The van der Waals surface area contributed by atoms with Gasteiger partial charge in [-0.1, -0.05) is 0 Å². The van der Waals surface area contributed by atoms with Crippen LogP contribution in [0.3, 0.4) is 0 Å². The highest BCUT2D eigenvalue weighted by atomic mass is 35.5. The van der Waals surface area contributed by atoms with Crippen molar-refractivity contribution < 1.29 is 4.79 Å². The van der Waals surface area contributed by atoms with Crippen molar-refractivity contribution in [1.29, 1.82) is 0 Å². The van der Waals surface area contributed by atoms with Crippen molar-refractivity contribution in [2.24, 2.45) is 9.98 Å². The molecule has 0 aliphatic carbocycles. The highest BCUT2D eigenvalue weighted by Crippen LogP contribution is 1.96. The van der Waals surface area contributed by atoms with Gasteiger partial charge in [0.25, 0.3) is 5.91 Å². The Hall–Kier alpha value is -0.700. The van der Waals surface area contributed by atoms with Gasteiger partial charge in [0.15, 0.2) is 0 Å². The predicted molar refractivity (Wildman–Crippen MR) is 31.4 cm³/mol. The number of amidine groups is 1. The van der Waals surface area contributed by atoms with Crippen molar-refractivity contribution in [1.82, 2.24) is 0 Å². The molecule has 0 aromatic carbocycles. The number of aliphatic imine (C=N–C) groups is 2. The first-order valence-electron chi connectivity index (χ1n) is 2.08. The van der Waals surface area contributed by atoms with Gasteiger partial charge >= 0.3 is 0 Å². The number of amides is 1. The third-order valence-corrected chi connectivity index (χ3v) is 0.863. The average molecular weight is 131 g/mol. The van der Waals surface area contributed by atoms with Crippen LogP contribution >= 0.6 is 11.6 Å². The molecule has 0 saturated carbocycles. The van der Waals surface area contributed by atoms with Crippen LogP contribution < -0.4 is 0 Å². The van der Waals surface area contributed by atoms with Crippen molar-refractivity contribution in [3.8, 4) is 0 Å². The van der Waals surface area contributed by atoms with Gasteiger partial charge in [-0.3, -0.25) is 4.79 Å². The Kier molecular flexibility index (Phi) is 1.39. The predicted octanol–water partition coefficient (Wildman–Crippen LogP) is 0.582. The lowest BCUT2D eigenvalue weighted by Gasteiger charge is -1.93. The van der Waals surface area contributed by atoms with E-state index in [1.54, 1.807) is 0 Å². The number of hydrogen-bond donors (Lipinski definition) is 0. The molecule has 1 aliphatic rings. The molecule has 0 aromatic heterocycles. The Morgan fingerprint density at radius 1 is 1.75 bits per heavy atom. The Morgan fingerprint density at radius 2 is 2.50 bits per heavy atom. The van der Waals surface area contributed by atoms with Crippen LogP contribution in [0.5, 0.6) is 0 Å². The minimum atomic E-state index is -0.231. The van der Waals surface area contributed by atoms with Gasteiger partial charge in [0.2, 0.25) is 5.29 Å². The summed E-state index contributed by atoms with van der Waals surface area (Å²) in [6.45, 7) is 0. The Labute approximate surface area is 51.1 Å². The monoisotopic (exact) mass is 130 g/mol. The van der Waals surface area contributed by atoms with E-state index < -0.39 is 0 Å². The van der Waals surface area contributed by atoms with Crippen molar-refractivity contribution in [3.63, 3.8) is 0 Å². The SMILES string of the molecule is O=C1CC=NC(Cl)=N1. The fourth-order valence-corrected chi connectivity index (χ4v) is 0.540. The first-order chi connectivity index (χ1) is 3.79. The summed E-state index contributed by atoms with van der Waals surface area (Å²) >= 11 is 5.24. The van der Waals surface area contributed by atoms with E-state index in [0.29, 0.717) is 0 Å². The van der Waals surface area contributed by atoms with Gasteiger partial charge < -0.3 is 0 Å². The van der Waals surface area contributed by atoms with Crippen LogP contribution in [0.4, 0.5) is 0 Å². The molecule has 0 fully saturated rings. The summed E-state index contributed by atoms with van der Waals surface area (Å²) < 4.78 is 0. The maximum absolute atomic E-state index is 10.3. The first kappa shape index (κ1) is 5.44. The molecule has 1 aliphatic heterocycles. The summed E-state index contributed by atoms with van der Waals surface area (Å²) in [5.41, 5.74) is 0. The molecule has 42 valence electrons. The molecule has 4 heteroatoms. The second kappa shape index (κ2) is 2.05. The maximum Gasteiger partial charge on any atom is 0.253 e. The zero-order chi connectivity index (χ0) is 5.98. The van der Waals surface area contributed by atoms with Crippen LogP contribution in [0.2, 0.25) is 0 Å². The summed E-state index contributed by atoms with van der Waals surface area (Å²) in [5.74, 6) is -0.231. The zero-order valence-electron chi connectivity index (χ0n) is 3.97. The molecule has 0 unspecified atom stereocenters. The van der Waals surface area contributed by atoms with Gasteiger partial charge in [-0.2, -0.15) is 4.99 Å². The van der Waals surface area contributed by atoms with E-state index >= 15 is 0 Å². The van der Waals surface area contributed by atoms with Gasteiger partial charge in [0, 0.05) is 6.21 Å². The smallest absolute Gasteiger partial charge is 0.253 e. The molecule has 3 nitrogen and oxygen atoms in total. The molecule has 1 rings (SSSR count). The third-order valence-electron chi connectivity index (χ3n) is 0.681. The topological polar surface area (TPSA) is 41.8 Å². The van der Waals surface area contributed by atoms with Crippen LogP contribution in [0, 0.1) is 0 Å². The number of halogens is 1. The van der Waals surface area contributed by atoms with Gasteiger partial charge in [0.1, 0.15) is 0 Å². The van der Waals surface area contributed by atoms with E-state index in [2.05, 4.69) is 9.98 Å². The molecule has 0 bridgehead atoms. The summed E-state index contributed by atoms with van der Waals surface area (Å²) in [7, 11) is 0. The highest BCUT2D eigenvalue weighted by Gasteiger charge is 2.02. The van der Waals surface area contributed by atoms with E-state index in [1.807, 2.05) is 0 Å². The largest absolute Gasteiger partial charge is 0.272 e. The minimum absolute atomic E-state index is 0.0289. The second-order valence-corrected chi connectivity index (χ2v) is 1.63. The number of nitrogens with zero attached hydrogens (tertiary/aromatic N) is 2. The normalized spacial score (nSPS) is 18.6.